The van der Waals surface area contributed by atoms with Gasteiger partial charge in [-0.1, -0.05) is 54.1 Å². The number of nitrogens with one attached hydrogen (secondary N) is 1. The highest BCUT2D eigenvalue weighted by atomic mass is 35.5. The molecule has 1 fully saturated rings. The number of halogens is 1. The highest BCUT2D eigenvalue weighted by molar-refractivity contribution is 6.34. The number of carboxylic acid groups (broad SMARTS) is 1. The minimum Gasteiger partial charge on any atom is -0.478 e. The Morgan fingerprint density at radius 3 is 2.53 bits per heavy atom. The van der Waals surface area contributed by atoms with E-state index in [0.29, 0.717) is 34.6 Å². The fraction of sp³-hybridized carbons (Fsp3) is 0.174. The van der Waals surface area contributed by atoms with Crippen molar-refractivity contribution >= 4 is 35.0 Å². The first-order chi connectivity index (χ1) is 14.5. The number of aromatic nitrogens is 1. The van der Waals surface area contributed by atoms with E-state index in [0.717, 1.165) is 13.0 Å². The predicted molar refractivity (Wildman–Crippen MR) is 117 cm³/mol. The maximum absolute atomic E-state index is 12.5. The summed E-state index contributed by atoms with van der Waals surface area (Å²) >= 11 is 6.07. The summed E-state index contributed by atoms with van der Waals surface area (Å²) in [7, 11) is 0. The van der Waals surface area contributed by atoms with E-state index in [1.165, 1.54) is 17.8 Å². The maximum atomic E-state index is 12.5. The first-order valence-corrected chi connectivity index (χ1v) is 10.00. The molecule has 1 saturated heterocycles. The van der Waals surface area contributed by atoms with Crippen LogP contribution in [0.2, 0.25) is 5.02 Å². The van der Waals surface area contributed by atoms with Gasteiger partial charge in [-0.05, 0) is 30.2 Å². The highest BCUT2D eigenvalue weighted by Gasteiger charge is 2.28. The molecule has 2 N–H and O–H groups in total. The van der Waals surface area contributed by atoms with E-state index in [1.54, 1.807) is 24.3 Å². The molecule has 30 heavy (non-hydrogen) atoms. The van der Waals surface area contributed by atoms with Crippen molar-refractivity contribution in [2.24, 2.45) is 0 Å². The quantitative estimate of drug-likeness (QED) is 0.625. The number of rotatable bonds is 5. The minimum absolute atomic E-state index is 0.0562. The van der Waals surface area contributed by atoms with Gasteiger partial charge in [-0.15, -0.1) is 0 Å². The molecule has 1 atom stereocenters. The van der Waals surface area contributed by atoms with Gasteiger partial charge < -0.3 is 15.3 Å². The SMILES string of the molecule is O=C(Nc1cnc(N2CCC(c3ccccc3)C2)c(C(=O)O)c1)c1ccccc1Cl. The van der Waals surface area contributed by atoms with Crippen molar-refractivity contribution in [3.8, 4) is 0 Å². The molecule has 2 aromatic carbocycles. The standard InChI is InChI=1S/C23H20ClN3O3/c24-20-9-5-4-8-18(20)22(28)26-17-12-19(23(29)30)21(25-13-17)27-11-10-16(14-27)15-6-2-1-3-7-15/h1-9,12-13,16H,10-11,14H2,(H,26,28)(H,29,30). The van der Waals surface area contributed by atoms with Gasteiger partial charge in [-0.25, -0.2) is 9.78 Å². The lowest BCUT2D eigenvalue weighted by molar-refractivity contribution is 0.0697. The van der Waals surface area contributed by atoms with Crippen molar-refractivity contribution < 1.29 is 14.7 Å². The van der Waals surface area contributed by atoms with Gasteiger partial charge in [0, 0.05) is 19.0 Å². The number of amides is 1. The fourth-order valence-electron chi connectivity index (χ4n) is 3.73. The molecule has 1 unspecified atom stereocenters. The Hall–Kier alpha value is -3.38. The van der Waals surface area contributed by atoms with E-state index in [-0.39, 0.29) is 5.56 Å². The third-order valence-corrected chi connectivity index (χ3v) is 5.56. The Labute approximate surface area is 179 Å². The molecular formula is C23H20ClN3O3. The van der Waals surface area contributed by atoms with E-state index in [2.05, 4.69) is 22.4 Å². The first kappa shape index (κ1) is 19.9. The Morgan fingerprint density at radius 2 is 1.80 bits per heavy atom. The summed E-state index contributed by atoms with van der Waals surface area (Å²) in [6, 6.07) is 18.3. The molecular weight excluding hydrogens is 402 g/mol. The highest BCUT2D eigenvalue weighted by Crippen LogP contribution is 2.32. The number of hydrogen-bond donors (Lipinski definition) is 2. The summed E-state index contributed by atoms with van der Waals surface area (Å²) in [5.41, 5.74) is 1.91. The summed E-state index contributed by atoms with van der Waals surface area (Å²) in [5, 5.41) is 12.7. The van der Waals surface area contributed by atoms with Crippen molar-refractivity contribution in [1.29, 1.82) is 0 Å². The van der Waals surface area contributed by atoms with Crippen molar-refractivity contribution in [3.05, 3.63) is 88.6 Å². The average Bonchev–Trinajstić information content (AvgIpc) is 3.24. The van der Waals surface area contributed by atoms with Gasteiger partial charge in [0.05, 0.1) is 22.5 Å². The molecule has 1 aromatic heterocycles. The lowest BCUT2D eigenvalue weighted by Gasteiger charge is -2.20. The Balaban J connectivity index is 1.55. The van der Waals surface area contributed by atoms with Crippen molar-refractivity contribution in [2.75, 3.05) is 23.3 Å². The van der Waals surface area contributed by atoms with Gasteiger partial charge in [-0.2, -0.15) is 0 Å². The molecule has 0 bridgehead atoms. The molecule has 0 saturated carbocycles. The molecule has 1 amide bonds. The fourth-order valence-corrected chi connectivity index (χ4v) is 3.95. The van der Waals surface area contributed by atoms with Crippen LogP contribution in [0.25, 0.3) is 0 Å². The number of aromatic carboxylic acids is 1. The lowest BCUT2D eigenvalue weighted by Crippen LogP contribution is -2.23. The summed E-state index contributed by atoms with van der Waals surface area (Å²) in [6.07, 6.45) is 2.40. The smallest absolute Gasteiger partial charge is 0.339 e. The van der Waals surface area contributed by atoms with E-state index >= 15 is 0 Å². The maximum Gasteiger partial charge on any atom is 0.339 e. The summed E-state index contributed by atoms with van der Waals surface area (Å²) in [6.45, 7) is 1.42. The summed E-state index contributed by atoms with van der Waals surface area (Å²) < 4.78 is 0. The monoisotopic (exact) mass is 421 g/mol. The van der Waals surface area contributed by atoms with Crippen LogP contribution in [-0.2, 0) is 0 Å². The number of pyridine rings is 1. The molecule has 2 heterocycles. The molecule has 0 spiro atoms. The Kier molecular flexibility index (Phi) is 5.68. The molecule has 6 nitrogen and oxygen atoms in total. The Morgan fingerprint density at radius 1 is 1.07 bits per heavy atom. The number of benzene rings is 2. The zero-order chi connectivity index (χ0) is 21.1. The molecule has 0 aliphatic carbocycles. The lowest BCUT2D eigenvalue weighted by atomic mass is 9.99. The normalized spacial score (nSPS) is 15.8. The van der Waals surface area contributed by atoms with Crippen molar-refractivity contribution in [1.82, 2.24) is 4.98 Å². The van der Waals surface area contributed by atoms with Gasteiger partial charge in [0.2, 0.25) is 0 Å². The van der Waals surface area contributed by atoms with Crippen LogP contribution >= 0.6 is 11.6 Å². The van der Waals surface area contributed by atoms with Crippen LogP contribution < -0.4 is 10.2 Å². The molecule has 1 aliphatic rings. The number of hydrogen-bond acceptors (Lipinski definition) is 4. The third-order valence-electron chi connectivity index (χ3n) is 5.23. The third kappa shape index (κ3) is 4.14. The predicted octanol–water partition coefficient (Wildman–Crippen LogP) is 4.68. The zero-order valence-electron chi connectivity index (χ0n) is 16.1. The van der Waals surface area contributed by atoms with E-state index in [9.17, 15) is 14.7 Å². The van der Waals surface area contributed by atoms with Crippen LogP contribution in [0.15, 0.2) is 66.9 Å². The van der Waals surface area contributed by atoms with Crippen LogP contribution in [0.4, 0.5) is 11.5 Å². The van der Waals surface area contributed by atoms with Crippen LogP contribution in [0.5, 0.6) is 0 Å². The number of carboxylic acids is 1. The zero-order valence-corrected chi connectivity index (χ0v) is 16.8. The molecule has 7 heteroatoms. The van der Waals surface area contributed by atoms with Gasteiger partial charge in [0.1, 0.15) is 11.4 Å². The van der Waals surface area contributed by atoms with Gasteiger partial charge in [-0.3, -0.25) is 4.79 Å². The van der Waals surface area contributed by atoms with Gasteiger partial charge >= 0.3 is 5.97 Å². The second kappa shape index (κ2) is 8.55. The number of nitrogens with zero attached hydrogens (tertiary/aromatic N) is 2. The second-order valence-corrected chi connectivity index (χ2v) is 7.58. The summed E-state index contributed by atoms with van der Waals surface area (Å²) in [4.78, 5) is 30.7. The number of carbonyl (C=O) groups excluding carboxylic acids is 1. The topological polar surface area (TPSA) is 82.5 Å². The van der Waals surface area contributed by atoms with Crippen LogP contribution in [0, 0.1) is 0 Å². The van der Waals surface area contributed by atoms with Crippen molar-refractivity contribution in [2.45, 2.75) is 12.3 Å². The van der Waals surface area contributed by atoms with E-state index < -0.39 is 11.9 Å². The van der Waals surface area contributed by atoms with Crippen molar-refractivity contribution in [3.63, 3.8) is 0 Å². The molecule has 0 radical (unpaired) electrons. The first-order valence-electron chi connectivity index (χ1n) is 9.62. The molecule has 152 valence electrons. The van der Waals surface area contributed by atoms with Crippen LogP contribution in [-0.4, -0.2) is 35.1 Å². The van der Waals surface area contributed by atoms with Crippen LogP contribution in [0.1, 0.15) is 38.6 Å². The number of anilines is 2. The van der Waals surface area contributed by atoms with E-state index in [4.69, 9.17) is 11.6 Å². The second-order valence-electron chi connectivity index (χ2n) is 7.18. The van der Waals surface area contributed by atoms with Crippen LogP contribution in [0.3, 0.4) is 0 Å². The molecule has 3 aromatic rings. The average molecular weight is 422 g/mol. The molecule has 1 aliphatic heterocycles. The number of carbonyl (C=O) groups is 2. The summed E-state index contributed by atoms with van der Waals surface area (Å²) in [5.74, 6) is -0.766. The van der Waals surface area contributed by atoms with Gasteiger partial charge in [0.25, 0.3) is 5.91 Å². The Bertz CT molecular complexity index is 1090. The minimum atomic E-state index is -1.09. The van der Waals surface area contributed by atoms with E-state index in [1.807, 2.05) is 23.1 Å². The largest absolute Gasteiger partial charge is 0.478 e. The molecule has 4 rings (SSSR count). The van der Waals surface area contributed by atoms with Gasteiger partial charge in [0.15, 0.2) is 0 Å².